The molecule has 0 atom stereocenters. The third-order valence-electron chi connectivity index (χ3n) is 3.76. The van der Waals surface area contributed by atoms with Crippen molar-refractivity contribution >= 4 is 0 Å². The Morgan fingerprint density at radius 3 is 2.33 bits per heavy atom. The lowest BCUT2D eigenvalue weighted by atomic mass is 10.1. The van der Waals surface area contributed by atoms with Gasteiger partial charge in [0.25, 0.3) is 0 Å². The summed E-state index contributed by atoms with van der Waals surface area (Å²) in [5, 5.41) is 3.50. The Labute approximate surface area is 131 Å². The lowest BCUT2D eigenvalue weighted by Crippen LogP contribution is -2.22. The minimum absolute atomic E-state index is 0.732. The highest BCUT2D eigenvalue weighted by molar-refractivity contribution is 5.22. The summed E-state index contributed by atoms with van der Waals surface area (Å²) in [6.07, 6.45) is 5.08. The van der Waals surface area contributed by atoms with Gasteiger partial charge in [0.15, 0.2) is 0 Å². The van der Waals surface area contributed by atoms with Gasteiger partial charge in [0, 0.05) is 6.54 Å². The minimum atomic E-state index is 0.732. The second-order valence-corrected chi connectivity index (χ2v) is 6.61. The van der Waals surface area contributed by atoms with Crippen LogP contribution in [-0.2, 0) is 13.0 Å². The Morgan fingerprint density at radius 1 is 1.05 bits per heavy atom. The zero-order chi connectivity index (χ0) is 15.5. The van der Waals surface area contributed by atoms with Gasteiger partial charge in [0.1, 0.15) is 0 Å². The van der Waals surface area contributed by atoms with E-state index >= 15 is 0 Å². The maximum Gasteiger partial charge on any atom is 0.0230 e. The molecule has 2 nitrogen and oxygen atoms in total. The quantitative estimate of drug-likeness (QED) is 0.617. The maximum atomic E-state index is 3.50. The van der Waals surface area contributed by atoms with Crippen LogP contribution in [0.3, 0.4) is 0 Å². The van der Waals surface area contributed by atoms with E-state index in [1.807, 2.05) is 0 Å². The SMILES string of the molecule is CCCCCN(C)Cc1ccc(CCNCC(C)C)cc1. The molecule has 1 aromatic rings. The Morgan fingerprint density at radius 2 is 1.71 bits per heavy atom. The van der Waals surface area contributed by atoms with E-state index in [4.69, 9.17) is 0 Å². The number of hydrogen-bond acceptors (Lipinski definition) is 2. The van der Waals surface area contributed by atoms with Crippen LogP contribution in [0.15, 0.2) is 24.3 Å². The molecule has 1 aromatic carbocycles. The fourth-order valence-corrected chi connectivity index (χ4v) is 2.46. The molecule has 0 radical (unpaired) electrons. The summed E-state index contributed by atoms with van der Waals surface area (Å²) in [6, 6.07) is 9.14. The van der Waals surface area contributed by atoms with Gasteiger partial charge in [-0.2, -0.15) is 0 Å². The maximum absolute atomic E-state index is 3.50. The van der Waals surface area contributed by atoms with Gasteiger partial charge in [-0.1, -0.05) is 57.9 Å². The molecule has 0 aromatic heterocycles. The number of benzene rings is 1. The molecular formula is C19H34N2. The molecule has 0 aliphatic heterocycles. The predicted octanol–water partition coefficient (Wildman–Crippen LogP) is 4.10. The third kappa shape index (κ3) is 8.90. The van der Waals surface area contributed by atoms with Crippen LogP contribution in [0.2, 0.25) is 0 Å². The molecule has 0 saturated carbocycles. The zero-order valence-electron chi connectivity index (χ0n) is 14.5. The van der Waals surface area contributed by atoms with Crippen molar-refractivity contribution in [3.8, 4) is 0 Å². The van der Waals surface area contributed by atoms with Crippen molar-refractivity contribution in [1.82, 2.24) is 10.2 Å². The van der Waals surface area contributed by atoms with E-state index in [-0.39, 0.29) is 0 Å². The van der Waals surface area contributed by atoms with Crippen molar-refractivity contribution in [2.45, 2.75) is 53.0 Å². The van der Waals surface area contributed by atoms with Gasteiger partial charge in [0.2, 0.25) is 0 Å². The molecule has 120 valence electrons. The molecule has 0 aliphatic carbocycles. The van der Waals surface area contributed by atoms with E-state index in [2.05, 4.69) is 62.3 Å². The Hall–Kier alpha value is -0.860. The topological polar surface area (TPSA) is 15.3 Å². The zero-order valence-corrected chi connectivity index (χ0v) is 14.5. The summed E-state index contributed by atoms with van der Waals surface area (Å²) in [4.78, 5) is 2.43. The Kier molecular flexibility index (Phi) is 9.36. The molecule has 0 aliphatic rings. The number of unbranched alkanes of at least 4 members (excludes halogenated alkanes) is 2. The standard InChI is InChI=1S/C19H34N2/c1-5-6-7-14-21(4)16-19-10-8-18(9-11-19)12-13-20-15-17(2)3/h8-11,17,20H,5-7,12-16H2,1-4H3. The van der Waals surface area contributed by atoms with E-state index in [0.29, 0.717) is 0 Å². The van der Waals surface area contributed by atoms with Crippen molar-refractivity contribution in [2.24, 2.45) is 5.92 Å². The minimum Gasteiger partial charge on any atom is -0.316 e. The molecule has 0 amide bonds. The molecule has 1 rings (SSSR count). The monoisotopic (exact) mass is 290 g/mol. The van der Waals surface area contributed by atoms with E-state index < -0.39 is 0 Å². The van der Waals surface area contributed by atoms with Gasteiger partial charge in [-0.25, -0.2) is 0 Å². The highest BCUT2D eigenvalue weighted by Gasteiger charge is 2.01. The lowest BCUT2D eigenvalue weighted by molar-refractivity contribution is 0.318. The highest BCUT2D eigenvalue weighted by atomic mass is 15.1. The first-order valence-electron chi connectivity index (χ1n) is 8.59. The van der Waals surface area contributed by atoms with Crippen LogP contribution in [0.25, 0.3) is 0 Å². The fraction of sp³-hybridized carbons (Fsp3) is 0.684. The van der Waals surface area contributed by atoms with E-state index in [1.165, 1.54) is 36.9 Å². The first-order valence-corrected chi connectivity index (χ1v) is 8.59. The van der Waals surface area contributed by atoms with Gasteiger partial charge < -0.3 is 10.2 Å². The largest absolute Gasteiger partial charge is 0.316 e. The van der Waals surface area contributed by atoms with Crippen molar-refractivity contribution in [3.05, 3.63) is 35.4 Å². The van der Waals surface area contributed by atoms with Crippen LogP contribution in [0.4, 0.5) is 0 Å². The van der Waals surface area contributed by atoms with Crippen LogP contribution in [0.5, 0.6) is 0 Å². The van der Waals surface area contributed by atoms with Gasteiger partial charge >= 0.3 is 0 Å². The summed E-state index contributed by atoms with van der Waals surface area (Å²) in [5.74, 6) is 0.732. The van der Waals surface area contributed by atoms with Gasteiger partial charge in [-0.15, -0.1) is 0 Å². The summed E-state index contributed by atoms with van der Waals surface area (Å²) in [6.45, 7) is 11.2. The molecule has 21 heavy (non-hydrogen) atoms. The molecular weight excluding hydrogens is 256 g/mol. The summed E-state index contributed by atoms with van der Waals surface area (Å²) in [7, 11) is 2.22. The van der Waals surface area contributed by atoms with Gasteiger partial charge in [-0.3, -0.25) is 0 Å². The smallest absolute Gasteiger partial charge is 0.0230 e. The molecule has 0 heterocycles. The molecule has 0 bridgehead atoms. The van der Waals surface area contributed by atoms with Crippen molar-refractivity contribution in [3.63, 3.8) is 0 Å². The van der Waals surface area contributed by atoms with Crippen molar-refractivity contribution in [1.29, 1.82) is 0 Å². The van der Waals surface area contributed by atoms with Crippen LogP contribution < -0.4 is 5.32 Å². The fourth-order valence-electron chi connectivity index (χ4n) is 2.46. The summed E-state index contributed by atoms with van der Waals surface area (Å²) >= 11 is 0. The average molecular weight is 290 g/mol. The molecule has 0 unspecified atom stereocenters. The molecule has 0 saturated heterocycles. The highest BCUT2D eigenvalue weighted by Crippen LogP contribution is 2.08. The third-order valence-corrected chi connectivity index (χ3v) is 3.76. The molecule has 1 N–H and O–H groups in total. The number of rotatable bonds is 11. The molecule has 0 fully saturated rings. The first kappa shape index (κ1) is 18.2. The Balaban J connectivity index is 2.26. The summed E-state index contributed by atoms with van der Waals surface area (Å²) < 4.78 is 0. The van der Waals surface area contributed by atoms with Crippen molar-refractivity contribution < 1.29 is 0 Å². The van der Waals surface area contributed by atoms with Crippen LogP contribution in [0.1, 0.15) is 51.2 Å². The number of nitrogens with one attached hydrogen (secondary N) is 1. The van der Waals surface area contributed by atoms with Crippen LogP contribution >= 0.6 is 0 Å². The van der Waals surface area contributed by atoms with E-state index in [0.717, 1.165) is 32.0 Å². The lowest BCUT2D eigenvalue weighted by Gasteiger charge is -2.16. The molecule has 2 heteroatoms. The Bertz CT molecular complexity index is 356. The van der Waals surface area contributed by atoms with Gasteiger partial charge in [0.05, 0.1) is 0 Å². The van der Waals surface area contributed by atoms with Gasteiger partial charge in [-0.05, 0) is 56.6 Å². The van der Waals surface area contributed by atoms with Crippen LogP contribution in [0, 0.1) is 5.92 Å². The summed E-state index contributed by atoms with van der Waals surface area (Å²) in [5.41, 5.74) is 2.86. The van der Waals surface area contributed by atoms with Crippen LogP contribution in [-0.4, -0.2) is 31.6 Å². The second kappa shape index (κ2) is 10.8. The predicted molar refractivity (Wildman–Crippen MR) is 93.7 cm³/mol. The number of nitrogens with zero attached hydrogens (tertiary/aromatic N) is 1. The first-order chi connectivity index (χ1) is 10.1. The van der Waals surface area contributed by atoms with E-state index in [1.54, 1.807) is 0 Å². The van der Waals surface area contributed by atoms with E-state index in [9.17, 15) is 0 Å². The molecule has 0 spiro atoms. The number of hydrogen-bond donors (Lipinski definition) is 1. The van der Waals surface area contributed by atoms with Crippen molar-refractivity contribution in [2.75, 3.05) is 26.7 Å². The average Bonchev–Trinajstić information content (AvgIpc) is 2.45. The second-order valence-electron chi connectivity index (χ2n) is 6.61. The normalized spacial score (nSPS) is 11.5.